The van der Waals surface area contributed by atoms with E-state index in [0.29, 0.717) is 28.7 Å². The van der Waals surface area contributed by atoms with E-state index in [1.165, 1.54) is 0 Å². The first kappa shape index (κ1) is 14.1. The maximum absolute atomic E-state index is 11.9. The van der Waals surface area contributed by atoms with Gasteiger partial charge in [0.15, 0.2) is 5.76 Å². The molecule has 0 atom stereocenters. The molecule has 3 aromatic rings. The predicted octanol–water partition coefficient (Wildman–Crippen LogP) is 3.59. The van der Waals surface area contributed by atoms with Crippen molar-refractivity contribution in [2.24, 2.45) is 5.92 Å². The van der Waals surface area contributed by atoms with Crippen LogP contribution in [0.2, 0.25) is 0 Å². The van der Waals surface area contributed by atoms with Gasteiger partial charge in [0.25, 0.3) is 5.89 Å². The van der Waals surface area contributed by atoms with Crippen molar-refractivity contribution in [3.8, 4) is 23.0 Å². The fraction of sp³-hybridized carbons (Fsp3) is 0.188. The zero-order valence-corrected chi connectivity index (χ0v) is 12.2. The molecular weight excluding hydrogens is 282 g/mol. The minimum atomic E-state index is -0.116. The quantitative estimate of drug-likeness (QED) is 0.795. The molecule has 0 saturated heterocycles. The van der Waals surface area contributed by atoms with Crippen LogP contribution in [-0.2, 0) is 4.79 Å². The summed E-state index contributed by atoms with van der Waals surface area (Å²) in [5.41, 5.74) is 1.30. The molecule has 0 radical (unpaired) electrons. The monoisotopic (exact) mass is 297 g/mol. The average Bonchev–Trinajstić information content (AvgIpc) is 3.19. The zero-order chi connectivity index (χ0) is 15.5. The molecule has 0 saturated carbocycles. The van der Waals surface area contributed by atoms with Crippen molar-refractivity contribution in [3.05, 3.63) is 42.7 Å². The van der Waals surface area contributed by atoms with E-state index < -0.39 is 0 Å². The molecule has 2 aromatic heterocycles. The standard InChI is InChI=1S/C16H15N3O3/c1-10(2)15(20)17-12-7-4-3-6-11(12)16-18-14(19-22-16)13-8-5-9-21-13/h3-10H,1-2H3,(H,17,20). The van der Waals surface area contributed by atoms with Crippen LogP contribution in [-0.4, -0.2) is 16.0 Å². The van der Waals surface area contributed by atoms with Crippen LogP contribution in [0.15, 0.2) is 51.6 Å². The number of nitrogens with one attached hydrogen (secondary N) is 1. The molecule has 0 aliphatic heterocycles. The lowest BCUT2D eigenvalue weighted by atomic mass is 10.1. The molecule has 22 heavy (non-hydrogen) atoms. The Morgan fingerprint density at radius 3 is 2.73 bits per heavy atom. The topological polar surface area (TPSA) is 81.2 Å². The third-order valence-electron chi connectivity index (χ3n) is 3.11. The van der Waals surface area contributed by atoms with Crippen LogP contribution >= 0.6 is 0 Å². The summed E-state index contributed by atoms with van der Waals surface area (Å²) in [5.74, 6) is 1.03. The summed E-state index contributed by atoms with van der Waals surface area (Å²) in [4.78, 5) is 16.2. The fourth-order valence-corrected chi connectivity index (χ4v) is 1.89. The van der Waals surface area contributed by atoms with Gasteiger partial charge < -0.3 is 14.3 Å². The third kappa shape index (κ3) is 2.76. The smallest absolute Gasteiger partial charge is 0.260 e. The summed E-state index contributed by atoms with van der Waals surface area (Å²) in [6, 6.07) is 10.8. The van der Waals surface area contributed by atoms with E-state index in [0.717, 1.165) is 0 Å². The number of anilines is 1. The molecule has 1 N–H and O–H groups in total. The van der Waals surface area contributed by atoms with Gasteiger partial charge in [0.2, 0.25) is 11.7 Å². The van der Waals surface area contributed by atoms with E-state index in [-0.39, 0.29) is 11.8 Å². The van der Waals surface area contributed by atoms with E-state index in [1.807, 2.05) is 32.0 Å². The lowest BCUT2D eigenvalue weighted by Gasteiger charge is -2.10. The fourth-order valence-electron chi connectivity index (χ4n) is 1.89. The summed E-state index contributed by atoms with van der Waals surface area (Å²) >= 11 is 0. The van der Waals surface area contributed by atoms with Crippen LogP contribution < -0.4 is 5.32 Å². The van der Waals surface area contributed by atoms with Crippen molar-refractivity contribution in [2.75, 3.05) is 5.32 Å². The van der Waals surface area contributed by atoms with Gasteiger partial charge in [-0.2, -0.15) is 4.98 Å². The van der Waals surface area contributed by atoms with Crippen molar-refractivity contribution < 1.29 is 13.7 Å². The highest BCUT2D eigenvalue weighted by atomic mass is 16.5. The predicted molar refractivity (Wildman–Crippen MR) is 80.9 cm³/mol. The number of nitrogens with zero attached hydrogens (tertiary/aromatic N) is 2. The minimum Gasteiger partial charge on any atom is -0.461 e. The Morgan fingerprint density at radius 2 is 2.00 bits per heavy atom. The van der Waals surface area contributed by atoms with Crippen molar-refractivity contribution in [2.45, 2.75) is 13.8 Å². The number of benzene rings is 1. The highest BCUT2D eigenvalue weighted by molar-refractivity contribution is 5.95. The van der Waals surface area contributed by atoms with Gasteiger partial charge >= 0.3 is 0 Å². The van der Waals surface area contributed by atoms with E-state index >= 15 is 0 Å². The Hall–Kier alpha value is -2.89. The van der Waals surface area contributed by atoms with Gasteiger partial charge in [-0.05, 0) is 24.3 Å². The molecule has 0 fully saturated rings. The molecule has 6 nitrogen and oxygen atoms in total. The van der Waals surface area contributed by atoms with Gasteiger partial charge in [0, 0.05) is 5.92 Å². The first-order valence-corrected chi connectivity index (χ1v) is 6.93. The Bertz CT molecular complexity index is 776. The zero-order valence-electron chi connectivity index (χ0n) is 12.2. The highest BCUT2D eigenvalue weighted by Gasteiger charge is 2.17. The van der Waals surface area contributed by atoms with Crippen LogP contribution in [0.4, 0.5) is 5.69 Å². The first-order chi connectivity index (χ1) is 10.6. The lowest BCUT2D eigenvalue weighted by molar-refractivity contribution is -0.118. The maximum atomic E-state index is 11.9. The molecule has 0 spiro atoms. The SMILES string of the molecule is CC(C)C(=O)Nc1ccccc1-c1nc(-c2ccco2)no1. The van der Waals surface area contributed by atoms with Crippen LogP contribution in [0.5, 0.6) is 0 Å². The van der Waals surface area contributed by atoms with Gasteiger partial charge in [-0.1, -0.05) is 31.1 Å². The highest BCUT2D eigenvalue weighted by Crippen LogP contribution is 2.28. The molecule has 1 aromatic carbocycles. The number of carbonyl (C=O) groups is 1. The Labute approximate surface area is 127 Å². The van der Waals surface area contributed by atoms with E-state index in [4.69, 9.17) is 8.94 Å². The van der Waals surface area contributed by atoms with Crippen LogP contribution in [0.25, 0.3) is 23.0 Å². The average molecular weight is 297 g/mol. The molecule has 3 rings (SSSR count). The second kappa shape index (κ2) is 5.85. The summed E-state index contributed by atoms with van der Waals surface area (Å²) in [5, 5.41) is 6.76. The first-order valence-electron chi connectivity index (χ1n) is 6.93. The summed E-state index contributed by atoms with van der Waals surface area (Å²) < 4.78 is 10.5. The van der Waals surface area contributed by atoms with Gasteiger partial charge in [0.1, 0.15) is 0 Å². The Kier molecular flexibility index (Phi) is 3.74. The van der Waals surface area contributed by atoms with Crippen LogP contribution in [0.3, 0.4) is 0 Å². The molecule has 0 aliphatic carbocycles. The third-order valence-corrected chi connectivity index (χ3v) is 3.11. The molecular formula is C16H15N3O3. The second-order valence-corrected chi connectivity index (χ2v) is 5.09. The summed E-state index contributed by atoms with van der Waals surface area (Å²) in [6.45, 7) is 3.67. The van der Waals surface area contributed by atoms with Crippen molar-refractivity contribution in [1.82, 2.24) is 10.1 Å². The van der Waals surface area contributed by atoms with Gasteiger partial charge in [-0.25, -0.2) is 0 Å². The lowest BCUT2D eigenvalue weighted by Crippen LogP contribution is -2.18. The number of para-hydroxylation sites is 1. The molecule has 1 amide bonds. The number of aromatic nitrogens is 2. The van der Waals surface area contributed by atoms with Crippen LogP contribution in [0, 0.1) is 5.92 Å². The number of hydrogen-bond acceptors (Lipinski definition) is 5. The summed E-state index contributed by atoms with van der Waals surface area (Å²) in [6.07, 6.45) is 1.54. The van der Waals surface area contributed by atoms with Crippen molar-refractivity contribution >= 4 is 11.6 Å². The number of furan rings is 1. The number of hydrogen-bond donors (Lipinski definition) is 1. The Balaban J connectivity index is 1.94. The maximum Gasteiger partial charge on any atom is 0.260 e. The normalized spacial score (nSPS) is 10.9. The molecule has 6 heteroatoms. The number of amides is 1. The van der Waals surface area contributed by atoms with Gasteiger partial charge in [-0.3, -0.25) is 4.79 Å². The molecule has 112 valence electrons. The molecule has 0 bridgehead atoms. The summed E-state index contributed by atoms with van der Waals surface area (Å²) in [7, 11) is 0. The van der Waals surface area contributed by atoms with Gasteiger partial charge in [-0.15, -0.1) is 0 Å². The molecule has 0 unspecified atom stereocenters. The minimum absolute atomic E-state index is 0.0711. The van der Waals surface area contributed by atoms with Crippen molar-refractivity contribution in [1.29, 1.82) is 0 Å². The van der Waals surface area contributed by atoms with E-state index in [2.05, 4.69) is 15.5 Å². The Morgan fingerprint density at radius 1 is 1.18 bits per heavy atom. The van der Waals surface area contributed by atoms with Crippen molar-refractivity contribution in [3.63, 3.8) is 0 Å². The molecule has 0 aliphatic rings. The second-order valence-electron chi connectivity index (χ2n) is 5.09. The van der Waals surface area contributed by atoms with Crippen LogP contribution in [0.1, 0.15) is 13.8 Å². The largest absolute Gasteiger partial charge is 0.461 e. The number of carbonyl (C=O) groups excluding carboxylic acids is 1. The van der Waals surface area contributed by atoms with E-state index in [1.54, 1.807) is 24.5 Å². The van der Waals surface area contributed by atoms with Gasteiger partial charge in [0.05, 0.1) is 17.5 Å². The molecule has 2 heterocycles. The van der Waals surface area contributed by atoms with E-state index in [9.17, 15) is 4.79 Å². The number of rotatable bonds is 4.